The number of hydrogen-bond donors (Lipinski definition) is 1. The van der Waals surface area contributed by atoms with E-state index in [4.69, 9.17) is 0 Å². The third-order valence-corrected chi connectivity index (χ3v) is 7.45. The molecule has 0 bridgehead atoms. The van der Waals surface area contributed by atoms with Crippen molar-refractivity contribution in [2.75, 3.05) is 31.1 Å². The summed E-state index contributed by atoms with van der Waals surface area (Å²) in [6, 6.07) is 1.40. The van der Waals surface area contributed by atoms with Gasteiger partial charge in [0.05, 0.1) is 24.6 Å². The molecule has 2 fully saturated rings. The fraction of sp³-hybridized carbons (Fsp3) is 0.591. The second-order valence-corrected chi connectivity index (χ2v) is 9.41. The molecule has 1 N–H and O–H groups in total. The number of rotatable bonds is 6. The van der Waals surface area contributed by atoms with Gasteiger partial charge in [-0.25, -0.2) is 13.8 Å². The zero-order valence-electron chi connectivity index (χ0n) is 17.8. The molecule has 31 heavy (non-hydrogen) atoms. The molecule has 2 aliphatic rings. The predicted octanol–water partition coefficient (Wildman–Crippen LogP) is 3.84. The molecular weight excluding hydrogens is 420 g/mol. The molecule has 4 rings (SSSR count). The number of carbonyl (C=O) groups is 1. The van der Waals surface area contributed by atoms with Crippen LogP contribution in [0.1, 0.15) is 54.4 Å². The summed E-state index contributed by atoms with van der Waals surface area (Å²) in [5, 5.41) is 3.48. The number of thiazole rings is 1. The number of piperidine rings is 2. The van der Waals surface area contributed by atoms with Gasteiger partial charge in [0.25, 0.3) is 5.91 Å². The van der Waals surface area contributed by atoms with Crippen LogP contribution in [0.5, 0.6) is 0 Å². The summed E-state index contributed by atoms with van der Waals surface area (Å²) in [5.74, 6) is -1.01. The molecule has 0 radical (unpaired) electrons. The van der Waals surface area contributed by atoms with Gasteiger partial charge in [0.2, 0.25) is 0 Å². The van der Waals surface area contributed by atoms with Crippen LogP contribution >= 0.6 is 11.3 Å². The molecule has 2 saturated heterocycles. The summed E-state index contributed by atoms with van der Waals surface area (Å²) in [5.41, 5.74) is 0.00425. The molecule has 2 aromatic heterocycles. The highest BCUT2D eigenvalue weighted by molar-refractivity contribution is 7.17. The summed E-state index contributed by atoms with van der Waals surface area (Å²) in [6.45, 7) is 6.52. The highest BCUT2D eigenvalue weighted by Crippen LogP contribution is 2.29. The van der Waals surface area contributed by atoms with Crippen LogP contribution in [0.4, 0.5) is 13.9 Å². The van der Waals surface area contributed by atoms with Gasteiger partial charge < -0.3 is 10.2 Å². The topological polar surface area (TPSA) is 61.4 Å². The number of anilines is 1. The molecule has 0 aromatic carbocycles. The molecule has 0 saturated carbocycles. The SMILES string of the molecule is CC[C@H]1CCCN(C2CCN(c3ncc(C(=O)NCc4ncc(F)cc4F)s3)CC2)C1. The smallest absolute Gasteiger partial charge is 0.263 e. The largest absolute Gasteiger partial charge is 0.348 e. The molecule has 6 nitrogen and oxygen atoms in total. The van der Waals surface area contributed by atoms with Gasteiger partial charge in [0.15, 0.2) is 5.13 Å². The standard InChI is InChI=1S/C22H29F2N5OS/c1-2-15-4-3-7-29(14-15)17-5-8-28(9-6-17)22-27-13-20(31-22)21(30)26-12-19-18(24)10-16(23)11-25-19/h10-11,13,15,17H,2-9,12,14H2,1H3,(H,26,30)/t15-/m0/s1. The Bertz CT molecular complexity index is 900. The van der Waals surface area contributed by atoms with Crippen LogP contribution in [-0.4, -0.2) is 53.0 Å². The van der Waals surface area contributed by atoms with Gasteiger partial charge in [0, 0.05) is 31.7 Å². The van der Waals surface area contributed by atoms with E-state index in [0.29, 0.717) is 10.9 Å². The maximum atomic E-state index is 13.7. The number of nitrogens with one attached hydrogen (secondary N) is 1. The van der Waals surface area contributed by atoms with Gasteiger partial charge >= 0.3 is 0 Å². The first-order valence-electron chi connectivity index (χ1n) is 11.1. The minimum atomic E-state index is -0.771. The summed E-state index contributed by atoms with van der Waals surface area (Å²) in [4.78, 5) is 26.0. The lowest BCUT2D eigenvalue weighted by Crippen LogP contribution is -2.48. The molecule has 2 aromatic rings. The number of likely N-dealkylation sites (tertiary alicyclic amines) is 1. The van der Waals surface area contributed by atoms with E-state index in [1.54, 1.807) is 6.20 Å². The molecule has 4 heterocycles. The van der Waals surface area contributed by atoms with E-state index >= 15 is 0 Å². The maximum Gasteiger partial charge on any atom is 0.263 e. The summed E-state index contributed by atoms with van der Waals surface area (Å²) < 4.78 is 26.6. The highest BCUT2D eigenvalue weighted by atomic mass is 32.1. The summed E-state index contributed by atoms with van der Waals surface area (Å²) in [6.07, 6.45) is 8.67. The van der Waals surface area contributed by atoms with Crippen LogP contribution < -0.4 is 10.2 Å². The average Bonchev–Trinajstić information content (AvgIpc) is 3.29. The Balaban J connectivity index is 1.28. The van der Waals surface area contributed by atoms with Crippen molar-refractivity contribution in [3.63, 3.8) is 0 Å². The highest BCUT2D eigenvalue weighted by Gasteiger charge is 2.29. The molecular formula is C22H29F2N5OS. The van der Waals surface area contributed by atoms with Gasteiger partial charge in [0.1, 0.15) is 16.5 Å². The van der Waals surface area contributed by atoms with Crippen molar-refractivity contribution in [2.24, 2.45) is 5.92 Å². The lowest BCUT2D eigenvalue weighted by atomic mass is 9.92. The van der Waals surface area contributed by atoms with E-state index in [1.807, 2.05) is 0 Å². The molecule has 2 aliphatic heterocycles. The fourth-order valence-corrected chi connectivity index (χ4v) is 5.41. The number of amides is 1. The number of pyridine rings is 1. The van der Waals surface area contributed by atoms with Crippen molar-refractivity contribution < 1.29 is 13.6 Å². The van der Waals surface area contributed by atoms with Crippen molar-refractivity contribution in [3.05, 3.63) is 40.7 Å². The third kappa shape index (κ3) is 5.38. The predicted molar refractivity (Wildman–Crippen MR) is 117 cm³/mol. The van der Waals surface area contributed by atoms with Gasteiger partial charge in [-0.2, -0.15) is 0 Å². The van der Waals surface area contributed by atoms with Crippen LogP contribution in [0.2, 0.25) is 0 Å². The van der Waals surface area contributed by atoms with Crippen molar-refractivity contribution in [1.82, 2.24) is 20.2 Å². The Morgan fingerprint density at radius 2 is 2.00 bits per heavy atom. The number of hydrogen-bond acceptors (Lipinski definition) is 6. The first kappa shape index (κ1) is 22.1. The summed E-state index contributed by atoms with van der Waals surface area (Å²) in [7, 11) is 0. The first-order valence-corrected chi connectivity index (χ1v) is 11.9. The Morgan fingerprint density at radius 3 is 2.74 bits per heavy atom. The maximum absolute atomic E-state index is 13.7. The Kier molecular flexibility index (Phi) is 7.12. The van der Waals surface area contributed by atoms with E-state index in [0.717, 1.165) is 49.2 Å². The van der Waals surface area contributed by atoms with E-state index in [1.165, 1.54) is 43.7 Å². The van der Waals surface area contributed by atoms with Crippen molar-refractivity contribution in [1.29, 1.82) is 0 Å². The molecule has 1 amide bonds. The minimum Gasteiger partial charge on any atom is -0.348 e. The Morgan fingerprint density at radius 1 is 1.19 bits per heavy atom. The number of nitrogens with zero attached hydrogens (tertiary/aromatic N) is 4. The van der Waals surface area contributed by atoms with Gasteiger partial charge in [-0.1, -0.05) is 24.7 Å². The van der Waals surface area contributed by atoms with E-state index in [9.17, 15) is 13.6 Å². The number of halogens is 2. The van der Waals surface area contributed by atoms with Gasteiger partial charge in [-0.05, 0) is 38.1 Å². The summed E-state index contributed by atoms with van der Waals surface area (Å²) >= 11 is 1.35. The number of aromatic nitrogens is 2. The molecule has 0 spiro atoms. The average molecular weight is 450 g/mol. The Hall–Kier alpha value is -2.13. The van der Waals surface area contributed by atoms with Crippen LogP contribution in [0, 0.1) is 17.6 Å². The fourth-order valence-electron chi connectivity index (χ4n) is 4.52. The second-order valence-electron chi connectivity index (χ2n) is 8.40. The minimum absolute atomic E-state index is 0.00425. The zero-order chi connectivity index (χ0) is 21.8. The molecule has 1 atom stereocenters. The van der Waals surface area contributed by atoms with Crippen molar-refractivity contribution in [3.8, 4) is 0 Å². The van der Waals surface area contributed by atoms with Gasteiger partial charge in [-0.3, -0.25) is 14.7 Å². The quantitative estimate of drug-likeness (QED) is 0.726. The normalized spacial score (nSPS) is 20.7. The third-order valence-electron chi connectivity index (χ3n) is 6.40. The Labute approximate surface area is 185 Å². The van der Waals surface area contributed by atoms with Crippen molar-refractivity contribution >= 4 is 22.4 Å². The molecule has 0 aliphatic carbocycles. The van der Waals surface area contributed by atoms with Crippen LogP contribution in [0.3, 0.4) is 0 Å². The monoisotopic (exact) mass is 449 g/mol. The van der Waals surface area contributed by atoms with Crippen LogP contribution in [0.25, 0.3) is 0 Å². The van der Waals surface area contributed by atoms with Crippen LogP contribution in [0.15, 0.2) is 18.5 Å². The molecule has 168 valence electrons. The lowest BCUT2D eigenvalue weighted by Gasteiger charge is -2.42. The van der Waals surface area contributed by atoms with E-state index < -0.39 is 11.6 Å². The molecule has 0 unspecified atom stereocenters. The molecule has 9 heteroatoms. The van der Waals surface area contributed by atoms with Crippen molar-refractivity contribution in [2.45, 2.75) is 51.6 Å². The van der Waals surface area contributed by atoms with E-state index in [-0.39, 0.29) is 18.1 Å². The number of carbonyl (C=O) groups excluding carboxylic acids is 1. The zero-order valence-corrected chi connectivity index (χ0v) is 18.6. The van der Waals surface area contributed by atoms with Gasteiger partial charge in [-0.15, -0.1) is 0 Å². The second kappa shape index (κ2) is 9.99. The van der Waals surface area contributed by atoms with Crippen LogP contribution in [-0.2, 0) is 6.54 Å². The lowest BCUT2D eigenvalue weighted by molar-refractivity contribution is 0.0954. The van der Waals surface area contributed by atoms with E-state index in [2.05, 4.69) is 32.0 Å². The first-order chi connectivity index (χ1) is 15.0.